The van der Waals surface area contributed by atoms with Gasteiger partial charge in [-0.15, -0.1) is 0 Å². The number of hydrogen-bond donors (Lipinski definition) is 1. The van der Waals surface area contributed by atoms with E-state index in [1.165, 1.54) is 12.7 Å². The third kappa shape index (κ3) is 4.21. The molecule has 0 amide bonds. The lowest BCUT2D eigenvalue weighted by Gasteiger charge is -2.44. The van der Waals surface area contributed by atoms with Gasteiger partial charge in [0.15, 0.2) is 0 Å². The molecule has 0 heterocycles. The van der Waals surface area contributed by atoms with Crippen molar-refractivity contribution in [3.63, 3.8) is 0 Å². The summed E-state index contributed by atoms with van der Waals surface area (Å²) in [6.07, 6.45) is 6.35. The van der Waals surface area contributed by atoms with Crippen LogP contribution < -0.4 is 5.32 Å². The molecule has 0 aromatic carbocycles. The first kappa shape index (κ1) is 15.9. The number of likely N-dealkylation sites (N-methyl/N-ethyl adjacent to an activating group) is 1. The molecule has 0 radical (unpaired) electrons. The lowest BCUT2D eigenvalue weighted by molar-refractivity contribution is -0.0782. The van der Waals surface area contributed by atoms with Crippen LogP contribution in [0.5, 0.6) is 0 Å². The molecule has 0 aromatic heterocycles. The number of hydrogen-bond acceptors (Lipinski definition) is 4. The summed E-state index contributed by atoms with van der Waals surface area (Å²) in [6, 6.07) is 0.111. The first-order valence-electron chi connectivity index (χ1n) is 6.73. The van der Waals surface area contributed by atoms with Gasteiger partial charge in [0.1, 0.15) is 9.84 Å². The van der Waals surface area contributed by atoms with Crippen LogP contribution in [0.1, 0.15) is 39.0 Å². The maximum absolute atomic E-state index is 11.3. The van der Waals surface area contributed by atoms with Gasteiger partial charge in [-0.1, -0.05) is 19.8 Å². The predicted octanol–water partition coefficient (Wildman–Crippen LogP) is 1.60. The normalized spacial score (nSPS) is 31.2. The van der Waals surface area contributed by atoms with Gasteiger partial charge in [-0.05, 0) is 32.2 Å². The number of sulfone groups is 1. The molecule has 18 heavy (non-hydrogen) atoms. The molecule has 0 saturated heterocycles. The van der Waals surface area contributed by atoms with Crippen LogP contribution in [0.3, 0.4) is 0 Å². The van der Waals surface area contributed by atoms with Gasteiger partial charge >= 0.3 is 0 Å². The molecule has 1 N–H and O–H groups in total. The smallest absolute Gasteiger partial charge is 0.147 e. The van der Waals surface area contributed by atoms with Gasteiger partial charge in [-0.2, -0.15) is 0 Å². The van der Waals surface area contributed by atoms with Gasteiger partial charge in [-0.25, -0.2) is 8.42 Å². The maximum Gasteiger partial charge on any atom is 0.147 e. The van der Waals surface area contributed by atoms with Gasteiger partial charge in [0.25, 0.3) is 0 Å². The minimum atomic E-state index is -2.91. The first-order valence-corrected chi connectivity index (χ1v) is 8.79. The topological polar surface area (TPSA) is 55.4 Å². The highest BCUT2D eigenvalue weighted by Crippen LogP contribution is 2.38. The van der Waals surface area contributed by atoms with Gasteiger partial charge in [0, 0.05) is 19.4 Å². The Balaban J connectivity index is 2.76. The fourth-order valence-corrected chi connectivity index (χ4v) is 3.85. The first-order chi connectivity index (χ1) is 8.33. The Bertz CT molecular complexity index is 355. The van der Waals surface area contributed by atoms with E-state index in [4.69, 9.17) is 4.74 Å². The number of methoxy groups -OCH3 is 1. The van der Waals surface area contributed by atoms with E-state index in [9.17, 15) is 8.42 Å². The average Bonchev–Trinajstić information content (AvgIpc) is 2.28. The Morgan fingerprint density at radius 2 is 2.17 bits per heavy atom. The monoisotopic (exact) mass is 277 g/mol. The van der Waals surface area contributed by atoms with Crippen molar-refractivity contribution in [2.24, 2.45) is 5.92 Å². The molecule has 0 bridgehead atoms. The molecule has 0 spiro atoms. The standard InChI is InChI=1S/C13H27NO3S/c1-11-6-5-8-13(10-11,17-3)12(14-2)7-9-18(4,15)16/h11-12,14H,5-10H2,1-4H3. The van der Waals surface area contributed by atoms with E-state index in [0.29, 0.717) is 12.3 Å². The molecular weight excluding hydrogens is 250 g/mol. The lowest BCUT2D eigenvalue weighted by Crippen LogP contribution is -2.54. The highest BCUT2D eigenvalue weighted by molar-refractivity contribution is 7.90. The quantitative estimate of drug-likeness (QED) is 0.801. The van der Waals surface area contributed by atoms with Crippen LogP contribution in [0, 0.1) is 5.92 Å². The second kappa shape index (κ2) is 6.35. The van der Waals surface area contributed by atoms with Crippen molar-refractivity contribution in [3.05, 3.63) is 0 Å². The summed E-state index contributed by atoms with van der Waals surface area (Å²) in [7, 11) is 0.737. The summed E-state index contributed by atoms with van der Waals surface area (Å²) in [5, 5.41) is 3.27. The van der Waals surface area contributed by atoms with Crippen molar-refractivity contribution >= 4 is 9.84 Å². The van der Waals surface area contributed by atoms with E-state index in [1.54, 1.807) is 7.11 Å². The van der Waals surface area contributed by atoms with Gasteiger partial charge in [0.2, 0.25) is 0 Å². The van der Waals surface area contributed by atoms with E-state index in [2.05, 4.69) is 12.2 Å². The molecule has 1 fully saturated rings. The van der Waals surface area contributed by atoms with Gasteiger partial charge in [0.05, 0.1) is 11.4 Å². The Kier molecular flexibility index (Phi) is 5.62. The summed E-state index contributed by atoms with van der Waals surface area (Å²) < 4.78 is 28.5. The highest BCUT2D eigenvalue weighted by atomic mass is 32.2. The third-order valence-electron chi connectivity index (χ3n) is 4.16. The van der Waals surface area contributed by atoms with Crippen molar-refractivity contribution in [3.8, 4) is 0 Å². The molecule has 3 unspecified atom stereocenters. The summed E-state index contributed by atoms with van der Waals surface area (Å²) >= 11 is 0. The van der Waals surface area contributed by atoms with Crippen LogP contribution in [0.4, 0.5) is 0 Å². The fraction of sp³-hybridized carbons (Fsp3) is 1.00. The Labute approximate surface area is 111 Å². The summed E-state index contributed by atoms with van der Waals surface area (Å²) in [5.74, 6) is 0.866. The van der Waals surface area contributed by atoms with Crippen LogP contribution in [0.2, 0.25) is 0 Å². The molecule has 1 aliphatic carbocycles. The van der Waals surface area contributed by atoms with Crippen molar-refractivity contribution < 1.29 is 13.2 Å². The summed E-state index contributed by atoms with van der Waals surface area (Å²) in [4.78, 5) is 0. The van der Waals surface area contributed by atoms with Crippen LogP contribution in [0.25, 0.3) is 0 Å². The number of rotatable bonds is 6. The molecule has 5 heteroatoms. The second-order valence-corrected chi connectivity index (χ2v) is 7.99. The van der Waals surface area contributed by atoms with Crippen LogP contribution in [-0.4, -0.2) is 46.2 Å². The highest BCUT2D eigenvalue weighted by Gasteiger charge is 2.41. The van der Waals surface area contributed by atoms with E-state index in [-0.39, 0.29) is 17.4 Å². The van der Waals surface area contributed by atoms with E-state index >= 15 is 0 Å². The molecule has 3 atom stereocenters. The zero-order valence-electron chi connectivity index (χ0n) is 12.0. The Morgan fingerprint density at radius 3 is 2.61 bits per heavy atom. The van der Waals surface area contributed by atoms with Crippen LogP contribution in [-0.2, 0) is 14.6 Å². The molecule has 0 aromatic rings. The molecule has 1 rings (SSSR count). The Morgan fingerprint density at radius 1 is 1.50 bits per heavy atom. The molecular formula is C13H27NO3S. The van der Waals surface area contributed by atoms with Crippen LogP contribution in [0.15, 0.2) is 0 Å². The van der Waals surface area contributed by atoms with Crippen molar-refractivity contribution in [1.82, 2.24) is 5.32 Å². The molecule has 4 nitrogen and oxygen atoms in total. The van der Waals surface area contributed by atoms with E-state index < -0.39 is 9.84 Å². The van der Waals surface area contributed by atoms with Crippen molar-refractivity contribution in [2.45, 2.75) is 50.7 Å². The van der Waals surface area contributed by atoms with Crippen molar-refractivity contribution in [2.75, 3.05) is 26.2 Å². The SMILES string of the molecule is CNC(CCS(C)(=O)=O)C1(OC)CCCC(C)C1. The van der Waals surface area contributed by atoms with Crippen LogP contribution >= 0.6 is 0 Å². The zero-order chi connectivity index (χ0) is 13.8. The molecule has 108 valence electrons. The minimum Gasteiger partial charge on any atom is -0.377 e. The summed E-state index contributed by atoms with van der Waals surface area (Å²) in [6.45, 7) is 2.25. The predicted molar refractivity (Wildman–Crippen MR) is 74.5 cm³/mol. The maximum atomic E-state index is 11.3. The third-order valence-corrected chi connectivity index (χ3v) is 5.14. The fourth-order valence-electron chi connectivity index (χ4n) is 3.19. The Hall–Kier alpha value is -0.130. The summed E-state index contributed by atoms with van der Waals surface area (Å²) in [5.41, 5.74) is -0.197. The zero-order valence-corrected chi connectivity index (χ0v) is 12.8. The second-order valence-electron chi connectivity index (χ2n) is 5.73. The van der Waals surface area contributed by atoms with E-state index in [1.807, 2.05) is 7.05 Å². The number of ether oxygens (including phenoxy) is 1. The average molecular weight is 277 g/mol. The van der Waals surface area contributed by atoms with E-state index in [0.717, 1.165) is 19.3 Å². The van der Waals surface area contributed by atoms with Gasteiger partial charge in [-0.3, -0.25) is 0 Å². The van der Waals surface area contributed by atoms with Crippen molar-refractivity contribution in [1.29, 1.82) is 0 Å². The molecule has 1 aliphatic rings. The van der Waals surface area contributed by atoms with Gasteiger partial charge < -0.3 is 10.1 Å². The molecule has 0 aliphatic heterocycles. The number of nitrogens with one attached hydrogen (secondary N) is 1. The molecule has 1 saturated carbocycles. The largest absolute Gasteiger partial charge is 0.377 e. The minimum absolute atomic E-state index is 0.111. The lowest BCUT2D eigenvalue weighted by atomic mass is 9.74.